The number of benzene rings is 1. The van der Waals surface area contributed by atoms with Crippen LogP contribution in [0.15, 0.2) is 24.3 Å². The third-order valence-electron chi connectivity index (χ3n) is 3.05. The van der Waals surface area contributed by atoms with Gasteiger partial charge in [-0.25, -0.2) is 4.39 Å². The Morgan fingerprint density at radius 1 is 1.41 bits per heavy atom. The van der Waals surface area contributed by atoms with Crippen LogP contribution in [0, 0.1) is 5.82 Å². The molecular weight excluding hydrogens is 219 g/mol. The molecular formula is C13H17FN2O. The Morgan fingerprint density at radius 2 is 2.18 bits per heavy atom. The third-order valence-corrected chi connectivity index (χ3v) is 3.05. The van der Waals surface area contributed by atoms with E-state index in [0.29, 0.717) is 18.2 Å². The van der Waals surface area contributed by atoms with Crippen LogP contribution in [-0.2, 0) is 0 Å². The van der Waals surface area contributed by atoms with Gasteiger partial charge in [0.25, 0.3) is 5.91 Å². The second-order valence-electron chi connectivity index (χ2n) is 4.34. The molecule has 92 valence electrons. The number of halogens is 1. The van der Waals surface area contributed by atoms with Crippen LogP contribution in [0.4, 0.5) is 4.39 Å². The topological polar surface area (TPSA) is 41.1 Å². The first-order valence-corrected chi connectivity index (χ1v) is 6.03. The minimum atomic E-state index is -0.322. The summed E-state index contributed by atoms with van der Waals surface area (Å²) < 4.78 is 12.7. The molecule has 1 heterocycles. The average Bonchev–Trinajstić information content (AvgIpc) is 2.83. The lowest BCUT2D eigenvalue weighted by Gasteiger charge is -2.10. The number of hydrogen-bond acceptors (Lipinski definition) is 2. The fourth-order valence-corrected chi connectivity index (χ4v) is 2.07. The van der Waals surface area contributed by atoms with Crippen LogP contribution in [-0.4, -0.2) is 25.0 Å². The molecule has 0 aliphatic carbocycles. The van der Waals surface area contributed by atoms with Gasteiger partial charge in [0.1, 0.15) is 5.82 Å². The summed E-state index contributed by atoms with van der Waals surface area (Å²) in [5.41, 5.74) is 0.505. The van der Waals surface area contributed by atoms with Crippen LogP contribution in [0.3, 0.4) is 0 Å². The van der Waals surface area contributed by atoms with Crippen molar-refractivity contribution in [2.75, 3.05) is 13.1 Å². The average molecular weight is 236 g/mol. The summed E-state index contributed by atoms with van der Waals surface area (Å²) in [6, 6.07) is 6.13. The maximum Gasteiger partial charge on any atom is 0.251 e. The molecule has 17 heavy (non-hydrogen) atoms. The van der Waals surface area contributed by atoms with Crippen molar-refractivity contribution >= 4 is 5.91 Å². The Bertz CT molecular complexity index is 372. The first-order chi connectivity index (χ1) is 8.25. The van der Waals surface area contributed by atoms with Crippen molar-refractivity contribution in [1.82, 2.24) is 10.6 Å². The van der Waals surface area contributed by atoms with Gasteiger partial charge in [-0.1, -0.05) is 0 Å². The van der Waals surface area contributed by atoms with Gasteiger partial charge >= 0.3 is 0 Å². The van der Waals surface area contributed by atoms with Crippen LogP contribution in [0.2, 0.25) is 0 Å². The number of amides is 1. The Kier molecular flexibility index (Phi) is 4.09. The van der Waals surface area contributed by atoms with E-state index < -0.39 is 0 Å². The van der Waals surface area contributed by atoms with Crippen LogP contribution < -0.4 is 10.6 Å². The first kappa shape index (κ1) is 12.0. The van der Waals surface area contributed by atoms with E-state index in [-0.39, 0.29) is 11.7 Å². The van der Waals surface area contributed by atoms with Crippen LogP contribution >= 0.6 is 0 Å². The minimum absolute atomic E-state index is 0.136. The molecule has 4 heteroatoms. The van der Waals surface area contributed by atoms with Gasteiger partial charge in [0.2, 0.25) is 0 Å². The molecule has 2 rings (SSSR count). The zero-order valence-electron chi connectivity index (χ0n) is 9.71. The van der Waals surface area contributed by atoms with Crippen molar-refractivity contribution in [3.8, 4) is 0 Å². The van der Waals surface area contributed by atoms with E-state index in [1.807, 2.05) is 0 Å². The minimum Gasteiger partial charge on any atom is -0.352 e. The van der Waals surface area contributed by atoms with Crippen LogP contribution in [0.25, 0.3) is 0 Å². The second kappa shape index (κ2) is 5.77. The largest absolute Gasteiger partial charge is 0.352 e. The normalized spacial score (nSPS) is 19.2. The summed E-state index contributed by atoms with van der Waals surface area (Å²) in [4.78, 5) is 11.7. The van der Waals surface area contributed by atoms with Gasteiger partial charge in [0, 0.05) is 18.2 Å². The summed E-state index contributed by atoms with van der Waals surface area (Å²) in [5, 5.41) is 6.22. The highest BCUT2D eigenvalue weighted by molar-refractivity contribution is 5.94. The number of hydrogen-bond donors (Lipinski definition) is 2. The second-order valence-corrected chi connectivity index (χ2v) is 4.34. The van der Waals surface area contributed by atoms with Crippen LogP contribution in [0.5, 0.6) is 0 Å². The smallest absolute Gasteiger partial charge is 0.251 e. The van der Waals surface area contributed by atoms with Gasteiger partial charge in [-0.2, -0.15) is 0 Å². The molecule has 0 unspecified atom stereocenters. The van der Waals surface area contributed by atoms with E-state index in [1.54, 1.807) is 0 Å². The lowest BCUT2D eigenvalue weighted by atomic mass is 10.1. The molecule has 1 atom stereocenters. The molecule has 2 N–H and O–H groups in total. The fourth-order valence-electron chi connectivity index (χ4n) is 2.07. The van der Waals surface area contributed by atoms with Crippen molar-refractivity contribution in [3.63, 3.8) is 0 Å². The van der Waals surface area contributed by atoms with Gasteiger partial charge in [-0.15, -0.1) is 0 Å². The highest BCUT2D eigenvalue weighted by Crippen LogP contribution is 2.08. The maximum absolute atomic E-state index is 12.7. The van der Waals surface area contributed by atoms with E-state index >= 15 is 0 Å². The Morgan fingerprint density at radius 3 is 2.82 bits per heavy atom. The van der Waals surface area contributed by atoms with E-state index in [9.17, 15) is 9.18 Å². The van der Waals surface area contributed by atoms with Crippen molar-refractivity contribution in [1.29, 1.82) is 0 Å². The molecule has 1 aliphatic rings. The van der Waals surface area contributed by atoms with Crippen molar-refractivity contribution in [2.24, 2.45) is 0 Å². The first-order valence-electron chi connectivity index (χ1n) is 6.03. The monoisotopic (exact) mass is 236 g/mol. The number of nitrogens with one attached hydrogen (secondary N) is 2. The highest BCUT2D eigenvalue weighted by atomic mass is 19.1. The van der Waals surface area contributed by atoms with Crippen molar-refractivity contribution in [2.45, 2.75) is 25.3 Å². The fraction of sp³-hybridized carbons (Fsp3) is 0.462. The predicted octanol–water partition coefficient (Wildman–Crippen LogP) is 1.70. The summed E-state index contributed by atoms with van der Waals surface area (Å²) in [7, 11) is 0. The predicted molar refractivity (Wildman–Crippen MR) is 64.4 cm³/mol. The van der Waals surface area contributed by atoms with E-state index in [4.69, 9.17) is 0 Å². The van der Waals surface area contributed by atoms with Gasteiger partial charge in [0.05, 0.1) is 0 Å². The molecule has 0 aromatic heterocycles. The molecule has 1 amide bonds. The Labute approximate surface area is 100 Å². The van der Waals surface area contributed by atoms with Crippen molar-refractivity contribution in [3.05, 3.63) is 35.6 Å². The number of carbonyl (C=O) groups excluding carboxylic acids is 1. The summed E-state index contributed by atoms with van der Waals surface area (Å²) in [6.07, 6.45) is 3.36. The number of rotatable bonds is 4. The van der Waals surface area contributed by atoms with E-state index in [0.717, 1.165) is 13.0 Å². The van der Waals surface area contributed by atoms with Crippen molar-refractivity contribution < 1.29 is 9.18 Å². The zero-order chi connectivity index (χ0) is 12.1. The number of carbonyl (C=O) groups is 1. The highest BCUT2D eigenvalue weighted by Gasteiger charge is 2.13. The molecule has 0 spiro atoms. The van der Waals surface area contributed by atoms with Gasteiger partial charge in [0.15, 0.2) is 0 Å². The molecule has 1 aromatic carbocycles. The molecule has 3 nitrogen and oxygen atoms in total. The van der Waals surface area contributed by atoms with E-state index in [1.165, 1.54) is 37.1 Å². The summed E-state index contributed by atoms with van der Waals surface area (Å²) >= 11 is 0. The summed E-state index contributed by atoms with van der Waals surface area (Å²) in [5.74, 6) is -0.459. The molecule has 0 bridgehead atoms. The SMILES string of the molecule is O=C(NCC[C@@H]1CCCN1)c1ccc(F)cc1. The lowest BCUT2D eigenvalue weighted by Crippen LogP contribution is -2.30. The quantitative estimate of drug-likeness (QED) is 0.835. The Balaban J connectivity index is 1.75. The molecule has 1 aliphatic heterocycles. The van der Waals surface area contributed by atoms with Crippen LogP contribution in [0.1, 0.15) is 29.6 Å². The molecule has 0 radical (unpaired) electrons. The van der Waals surface area contributed by atoms with Gasteiger partial charge < -0.3 is 10.6 Å². The molecule has 0 saturated carbocycles. The standard InChI is InChI=1S/C13H17FN2O/c14-11-5-3-10(4-6-11)13(17)16-9-7-12-2-1-8-15-12/h3-6,12,15H,1-2,7-9H2,(H,16,17)/t12-/m0/s1. The molecule has 1 saturated heterocycles. The van der Waals surface area contributed by atoms with E-state index in [2.05, 4.69) is 10.6 Å². The maximum atomic E-state index is 12.7. The summed E-state index contributed by atoms with van der Waals surface area (Å²) in [6.45, 7) is 1.74. The van der Waals surface area contributed by atoms with Gasteiger partial charge in [-0.3, -0.25) is 4.79 Å². The molecule has 1 aromatic rings. The zero-order valence-corrected chi connectivity index (χ0v) is 9.71. The molecule has 1 fully saturated rings. The Hall–Kier alpha value is -1.42. The third kappa shape index (κ3) is 3.53. The van der Waals surface area contributed by atoms with Gasteiger partial charge in [-0.05, 0) is 50.1 Å². The lowest BCUT2D eigenvalue weighted by molar-refractivity contribution is 0.0952.